The molecule has 0 aliphatic carbocycles. The highest BCUT2D eigenvalue weighted by molar-refractivity contribution is 14.0. The summed E-state index contributed by atoms with van der Waals surface area (Å²) < 4.78 is 10.0. The Bertz CT molecular complexity index is 524. The third-order valence-corrected chi connectivity index (χ3v) is 3.61. The third kappa shape index (κ3) is 11.1. The number of methoxy groups -OCH3 is 2. The molecule has 0 spiro atoms. The number of carbonyl (C=O) groups excluding carboxylic acids is 1. The highest BCUT2D eigenvalue weighted by atomic mass is 127. The van der Waals surface area contributed by atoms with Crippen molar-refractivity contribution in [3.8, 4) is 5.75 Å². The molecule has 0 unspecified atom stereocenters. The summed E-state index contributed by atoms with van der Waals surface area (Å²) >= 11 is 0. The summed E-state index contributed by atoms with van der Waals surface area (Å²) in [5, 5.41) is 8.95. The lowest BCUT2D eigenvalue weighted by Gasteiger charge is -2.12. The number of unbranched alkanes of at least 4 members (excludes halogenated alkanes) is 1. The van der Waals surface area contributed by atoms with Gasteiger partial charge in [-0.2, -0.15) is 0 Å². The van der Waals surface area contributed by atoms with Crippen LogP contribution < -0.4 is 20.7 Å². The van der Waals surface area contributed by atoms with Gasteiger partial charge in [0.15, 0.2) is 5.96 Å². The Morgan fingerprint density at radius 1 is 1.04 bits per heavy atom. The number of nitrogens with zero attached hydrogens (tertiary/aromatic N) is 1. The van der Waals surface area contributed by atoms with Gasteiger partial charge in [0.05, 0.1) is 20.3 Å². The van der Waals surface area contributed by atoms with Crippen molar-refractivity contribution in [2.45, 2.75) is 19.3 Å². The van der Waals surface area contributed by atoms with Crippen LogP contribution in [-0.2, 0) is 16.0 Å². The van der Waals surface area contributed by atoms with Crippen LogP contribution in [-0.4, -0.2) is 59.4 Å². The number of hydrogen-bond donors (Lipinski definition) is 3. The van der Waals surface area contributed by atoms with Gasteiger partial charge in [-0.05, 0) is 37.0 Å². The molecule has 1 aromatic carbocycles. The van der Waals surface area contributed by atoms with Gasteiger partial charge in [-0.3, -0.25) is 9.79 Å². The summed E-state index contributed by atoms with van der Waals surface area (Å²) in [6.07, 6.45) is 3.13. The first-order chi connectivity index (χ1) is 12.2. The maximum atomic E-state index is 11.6. The molecule has 0 bridgehead atoms. The first kappa shape index (κ1) is 24.5. The molecule has 148 valence electrons. The SMILES string of the molecule is CN=C(NCCCCc1ccc(OC)cc1)NCC(=O)NCCOC.I. The fraction of sp³-hybridized carbons (Fsp3) is 0.556. The van der Waals surface area contributed by atoms with Crippen molar-refractivity contribution in [2.24, 2.45) is 4.99 Å². The lowest BCUT2D eigenvalue weighted by Crippen LogP contribution is -2.43. The summed E-state index contributed by atoms with van der Waals surface area (Å²) in [6, 6.07) is 8.15. The minimum atomic E-state index is -0.0838. The van der Waals surface area contributed by atoms with Gasteiger partial charge in [-0.25, -0.2) is 0 Å². The lowest BCUT2D eigenvalue weighted by atomic mass is 10.1. The Morgan fingerprint density at radius 3 is 2.38 bits per heavy atom. The van der Waals surface area contributed by atoms with E-state index in [9.17, 15) is 4.79 Å². The van der Waals surface area contributed by atoms with Crippen molar-refractivity contribution in [1.82, 2.24) is 16.0 Å². The second-order valence-electron chi connectivity index (χ2n) is 5.50. The van der Waals surface area contributed by atoms with Gasteiger partial charge in [0, 0.05) is 27.2 Å². The average molecular weight is 478 g/mol. The summed E-state index contributed by atoms with van der Waals surface area (Å²) in [7, 11) is 4.96. The van der Waals surface area contributed by atoms with E-state index in [2.05, 4.69) is 33.1 Å². The van der Waals surface area contributed by atoms with Crippen molar-refractivity contribution in [3.05, 3.63) is 29.8 Å². The molecule has 1 aromatic rings. The number of halogens is 1. The van der Waals surface area contributed by atoms with E-state index in [1.54, 1.807) is 21.3 Å². The van der Waals surface area contributed by atoms with Crippen LogP contribution in [0.4, 0.5) is 0 Å². The second kappa shape index (κ2) is 15.7. The molecule has 0 aromatic heterocycles. The number of benzene rings is 1. The number of ether oxygens (including phenoxy) is 2. The summed E-state index contributed by atoms with van der Waals surface area (Å²) in [4.78, 5) is 15.7. The molecule has 0 heterocycles. The number of aliphatic imine (C=N–C) groups is 1. The van der Waals surface area contributed by atoms with E-state index < -0.39 is 0 Å². The van der Waals surface area contributed by atoms with Crippen LogP contribution in [0, 0.1) is 0 Å². The van der Waals surface area contributed by atoms with Crippen LogP contribution in [0.2, 0.25) is 0 Å². The van der Waals surface area contributed by atoms with Crippen LogP contribution in [0.25, 0.3) is 0 Å². The lowest BCUT2D eigenvalue weighted by molar-refractivity contribution is -0.120. The van der Waals surface area contributed by atoms with Gasteiger partial charge >= 0.3 is 0 Å². The Labute approximate surface area is 173 Å². The van der Waals surface area contributed by atoms with Gasteiger partial charge < -0.3 is 25.4 Å². The molecule has 7 nitrogen and oxygen atoms in total. The molecular formula is C18H31IN4O3. The Kier molecular flexibility index (Phi) is 14.8. The maximum absolute atomic E-state index is 11.6. The van der Waals surface area contributed by atoms with Crippen LogP contribution in [0.1, 0.15) is 18.4 Å². The van der Waals surface area contributed by atoms with Crippen molar-refractivity contribution in [3.63, 3.8) is 0 Å². The predicted octanol–water partition coefficient (Wildman–Crippen LogP) is 1.56. The summed E-state index contributed by atoms with van der Waals surface area (Å²) in [5.41, 5.74) is 1.30. The van der Waals surface area contributed by atoms with E-state index in [0.29, 0.717) is 19.1 Å². The topological polar surface area (TPSA) is 84.0 Å². The molecule has 3 N–H and O–H groups in total. The van der Waals surface area contributed by atoms with Crippen molar-refractivity contribution >= 4 is 35.8 Å². The monoisotopic (exact) mass is 478 g/mol. The molecule has 0 atom stereocenters. The zero-order chi connectivity index (χ0) is 18.3. The fourth-order valence-corrected chi connectivity index (χ4v) is 2.19. The highest BCUT2D eigenvalue weighted by Gasteiger charge is 2.02. The summed E-state index contributed by atoms with van der Waals surface area (Å²) in [6.45, 7) is 2.01. The summed E-state index contributed by atoms with van der Waals surface area (Å²) in [5.74, 6) is 1.43. The molecule has 0 aliphatic rings. The fourth-order valence-electron chi connectivity index (χ4n) is 2.19. The largest absolute Gasteiger partial charge is 0.497 e. The standard InChI is InChI=1S/C18H30N4O3.HI/c1-19-18(22-14-17(23)20-12-13-24-2)21-11-5-4-6-15-7-9-16(25-3)10-8-15;/h7-10H,4-6,11-14H2,1-3H3,(H,20,23)(H2,19,21,22);1H. The average Bonchev–Trinajstić information content (AvgIpc) is 2.64. The van der Waals surface area contributed by atoms with Crippen LogP contribution >= 0.6 is 24.0 Å². The normalized spacial score (nSPS) is 10.7. The highest BCUT2D eigenvalue weighted by Crippen LogP contribution is 2.12. The van der Waals surface area contributed by atoms with Crippen molar-refractivity contribution in [2.75, 3.05) is 47.5 Å². The number of rotatable bonds is 11. The number of carbonyl (C=O) groups is 1. The quantitative estimate of drug-likeness (QED) is 0.195. The van der Waals surface area contributed by atoms with Gasteiger partial charge in [-0.1, -0.05) is 12.1 Å². The van der Waals surface area contributed by atoms with Crippen LogP contribution in [0.15, 0.2) is 29.3 Å². The Hall–Kier alpha value is -1.55. The molecule has 0 saturated carbocycles. The minimum Gasteiger partial charge on any atom is -0.497 e. The number of amides is 1. The van der Waals surface area contributed by atoms with Gasteiger partial charge in [0.25, 0.3) is 0 Å². The van der Waals surface area contributed by atoms with E-state index in [-0.39, 0.29) is 36.4 Å². The van der Waals surface area contributed by atoms with E-state index in [1.807, 2.05) is 12.1 Å². The number of aryl methyl sites for hydroxylation is 1. The van der Waals surface area contributed by atoms with Crippen molar-refractivity contribution in [1.29, 1.82) is 0 Å². The number of hydrogen-bond acceptors (Lipinski definition) is 4. The minimum absolute atomic E-state index is 0. The third-order valence-electron chi connectivity index (χ3n) is 3.61. The van der Waals surface area contributed by atoms with E-state index in [1.165, 1.54) is 5.56 Å². The molecule has 8 heteroatoms. The molecular weight excluding hydrogens is 447 g/mol. The maximum Gasteiger partial charge on any atom is 0.239 e. The van der Waals surface area contributed by atoms with Crippen LogP contribution in [0.3, 0.4) is 0 Å². The smallest absolute Gasteiger partial charge is 0.239 e. The first-order valence-electron chi connectivity index (χ1n) is 8.52. The van der Waals surface area contributed by atoms with Crippen molar-refractivity contribution < 1.29 is 14.3 Å². The molecule has 26 heavy (non-hydrogen) atoms. The number of nitrogens with one attached hydrogen (secondary N) is 3. The van der Waals surface area contributed by atoms with Crippen LogP contribution in [0.5, 0.6) is 5.75 Å². The Morgan fingerprint density at radius 2 is 1.77 bits per heavy atom. The second-order valence-corrected chi connectivity index (χ2v) is 5.50. The molecule has 0 saturated heterocycles. The molecule has 1 rings (SSSR count). The zero-order valence-corrected chi connectivity index (χ0v) is 18.2. The van der Waals surface area contributed by atoms with Gasteiger partial charge in [0.1, 0.15) is 5.75 Å². The predicted molar refractivity (Wildman–Crippen MR) is 116 cm³/mol. The van der Waals surface area contributed by atoms with E-state index in [4.69, 9.17) is 9.47 Å². The molecule has 0 aliphatic heterocycles. The van der Waals surface area contributed by atoms with E-state index in [0.717, 1.165) is 31.6 Å². The number of guanidine groups is 1. The van der Waals surface area contributed by atoms with E-state index >= 15 is 0 Å². The zero-order valence-electron chi connectivity index (χ0n) is 15.8. The first-order valence-corrected chi connectivity index (χ1v) is 8.52. The van der Waals surface area contributed by atoms with Gasteiger partial charge in [-0.15, -0.1) is 24.0 Å². The molecule has 1 amide bonds. The molecule has 0 fully saturated rings. The molecule has 0 radical (unpaired) electrons. The van der Waals surface area contributed by atoms with Gasteiger partial charge in [0.2, 0.25) is 5.91 Å². The Balaban J connectivity index is 0.00000625.